The molecule has 172 valence electrons. The number of amides is 4. The molecule has 3 aromatic rings. The van der Waals surface area contributed by atoms with Gasteiger partial charge in [-0.1, -0.05) is 48.5 Å². The Hall–Kier alpha value is -3.65. The van der Waals surface area contributed by atoms with Crippen LogP contribution in [-0.4, -0.2) is 58.1 Å². The van der Waals surface area contributed by atoms with Crippen molar-refractivity contribution in [3.63, 3.8) is 0 Å². The van der Waals surface area contributed by atoms with E-state index in [-0.39, 0.29) is 37.8 Å². The highest BCUT2D eigenvalue weighted by Crippen LogP contribution is 2.19. The largest absolute Gasteiger partial charge is 0.394 e. The number of para-hydroxylation sites is 1. The first-order valence-corrected chi connectivity index (χ1v) is 11.2. The minimum absolute atomic E-state index is 0.0816. The molecule has 0 saturated carbocycles. The summed E-state index contributed by atoms with van der Waals surface area (Å²) in [7, 11) is 0. The van der Waals surface area contributed by atoms with E-state index in [4.69, 9.17) is 0 Å². The molecule has 1 aromatic heterocycles. The number of aromatic nitrogens is 1. The van der Waals surface area contributed by atoms with Crippen LogP contribution in [-0.2, 0) is 22.4 Å². The SMILES string of the molecule is O=C(CC[C@H]1NC(=O)N(CCc2c[nH]c3ccccc23)C1=O)N[C@H](CO)Cc1ccccc1. The molecule has 33 heavy (non-hydrogen) atoms. The van der Waals surface area contributed by atoms with Gasteiger partial charge in [0.25, 0.3) is 5.91 Å². The van der Waals surface area contributed by atoms with Gasteiger partial charge in [-0.15, -0.1) is 0 Å². The van der Waals surface area contributed by atoms with Crippen LogP contribution in [0, 0.1) is 0 Å². The number of imide groups is 1. The molecule has 4 amide bonds. The molecule has 1 fully saturated rings. The van der Waals surface area contributed by atoms with E-state index in [0.29, 0.717) is 12.8 Å². The van der Waals surface area contributed by atoms with Crippen LogP contribution >= 0.6 is 0 Å². The summed E-state index contributed by atoms with van der Waals surface area (Å²) < 4.78 is 0. The summed E-state index contributed by atoms with van der Waals surface area (Å²) in [6, 6.07) is 15.9. The number of hydrogen-bond donors (Lipinski definition) is 4. The first kappa shape index (κ1) is 22.5. The maximum absolute atomic E-state index is 12.7. The molecule has 4 rings (SSSR count). The summed E-state index contributed by atoms with van der Waals surface area (Å²) in [5.74, 6) is -0.570. The molecule has 0 spiro atoms. The fourth-order valence-corrected chi connectivity index (χ4v) is 4.19. The second-order valence-electron chi connectivity index (χ2n) is 8.28. The molecule has 0 aliphatic carbocycles. The molecule has 8 nitrogen and oxygen atoms in total. The van der Waals surface area contributed by atoms with Crippen molar-refractivity contribution in [2.45, 2.75) is 37.8 Å². The number of carbonyl (C=O) groups is 3. The van der Waals surface area contributed by atoms with Gasteiger partial charge in [-0.3, -0.25) is 14.5 Å². The van der Waals surface area contributed by atoms with Crippen molar-refractivity contribution >= 4 is 28.7 Å². The van der Waals surface area contributed by atoms with Crippen LogP contribution in [0.5, 0.6) is 0 Å². The number of nitrogens with one attached hydrogen (secondary N) is 3. The Kier molecular flexibility index (Phi) is 7.04. The number of nitrogens with zero attached hydrogens (tertiary/aromatic N) is 1. The average molecular weight is 449 g/mol. The number of aliphatic hydroxyl groups excluding tert-OH is 1. The predicted octanol–water partition coefficient (Wildman–Crippen LogP) is 2.13. The summed E-state index contributed by atoms with van der Waals surface area (Å²) >= 11 is 0. The van der Waals surface area contributed by atoms with Crippen molar-refractivity contribution in [2.75, 3.05) is 13.2 Å². The topological polar surface area (TPSA) is 115 Å². The van der Waals surface area contributed by atoms with Crippen LogP contribution < -0.4 is 10.6 Å². The van der Waals surface area contributed by atoms with E-state index in [1.165, 1.54) is 4.90 Å². The van der Waals surface area contributed by atoms with Gasteiger partial charge >= 0.3 is 6.03 Å². The summed E-state index contributed by atoms with van der Waals surface area (Å²) in [5, 5.41) is 16.2. The first-order valence-electron chi connectivity index (χ1n) is 11.2. The Morgan fingerprint density at radius 3 is 2.64 bits per heavy atom. The van der Waals surface area contributed by atoms with Gasteiger partial charge in [0.2, 0.25) is 5.91 Å². The number of hydrogen-bond acceptors (Lipinski definition) is 4. The fourth-order valence-electron chi connectivity index (χ4n) is 4.19. The van der Waals surface area contributed by atoms with Gasteiger partial charge in [-0.05, 0) is 36.5 Å². The third-order valence-corrected chi connectivity index (χ3v) is 5.96. The van der Waals surface area contributed by atoms with Crippen molar-refractivity contribution in [3.05, 3.63) is 71.9 Å². The fraction of sp³-hybridized carbons (Fsp3) is 0.320. The normalized spacial score (nSPS) is 16.8. The van der Waals surface area contributed by atoms with Gasteiger partial charge < -0.3 is 20.7 Å². The van der Waals surface area contributed by atoms with Gasteiger partial charge in [-0.25, -0.2) is 4.79 Å². The van der Waals surface area contributed by atoms with Crippen molar-refractivity contribution < 1.29 is 19.5 Å². The molecule has 0 bridgehead atoms. The number of fused-ring (bicyclic) bond motifs is 1. The molecule has 8 heteroatoms. The lowest BCUT2D eigenvalue weighted by molar-refractivity contribution is -0.127. The van der Waals surface area contributed by atoms with Gasteiger partial charge in [0.05, 0.1) is 12.6 Å². The van der Waals surface area contributed by atoms with Gasteiger partial charge in [-0.2, -0.15) is 0 Å². The molecule has 2 atom stereocenters. The van der Waals surface area contributed by atoms with E-state index in [1.807, 2.05) is 60.8 Å². The molecule has 1 aliphatic rings. The number of carbonyl (C=O) groups excluding carboxylic acids is 3. The standard InChI is InChI=1S/C25H28N4O4/c30-16-19(14-17-6-2-1-3-7-17)27-23(31)11-10-22-24(32)29(25(33)28-22)13-12-18-15-26-21-9-5-4-8-20(18)21/h1-9,15,19,22,26,30H,10-14,16H2,(H,27,31)(H,28,33)/t19-,22+/m0/s1. The molecule has 0 unspecified atom stereocenters. The lowest BCUT2D eigenvalue weighted by atomic mass is 10.1. The monoisotopic (exact) mass is 448 g/mol. The van der Waals surface area contributed by atoms with Crippen LogP contribution in [0.1, 0.15) is 24.0 Å². The molecule has 2 aromatic carbocycles. The van der Waals surface area contributed by atoms with E-state index in [0.717, 1.165) is 22.0 Å². The Morgan fingerprint density at radius 1 is 1.09 bits per heavy atom. The zero-order chi connectivity index (χ0) is 23.2. The minimum Gasteiger partial charge on any atom is -0.394 e. The maximum atomic E-state index is 12.7. The summed E-state index contributed by atoms with van der Waals surface area (Å²) in [5.41, 5.74) is 3.07. The van der Waals surface area contributed by atoms with E-state index >= 15 is 0 Å². The van der Waals surface area contributed by atoms with Crippen molar-refractivity contribution in [1.29, 1.82) is 0 Å². The smallest absolute Gasteiger partial charge is 0.324 e. The molecule has 4 N–H and O–H groups in total. The van der Waals surface area contributed by atoms with Crippen LogP contribution in [0.4, 0.5) is 4.79 Å². The number of urea groups is 1. The summed E-state index contributed by atoms with van der Waals surface area (Å²) in [6.45, 7) is 0.0974. The Balaban J connectivity index is 1.26. The Bertz CT molecular complexity index is 1130. The van der Waals surface area contributed by atoms with Gasteiger partial charge in [0, 0.05) is 30.1 Å². The average Bonchev–Trinajstić information content (AvgIpc) is 3.36. The van der Waals surface area contributed by atoms with E-state index < -0.39 is 18.1 Å². The minimum atomic E-state index is -0.715. The second kappa shape index (κ2) is 10.3. The number of aromatic amines is 1. The van der Waals surface area contributed by atoms with Gasteiger partial charge in [0.1, 0.15) is 6.04 Å². The first-order chi connectivity index (χ1) is 16.0. The van der Waals surface area contributed by atoms with Crippen LogP contribution in [0.3, 0.4) is 0 Å². The molecule has 0 radical (unpaired) electrons. The van der Waals surface area contributed by atoms with Crippen molar-refractivity contribution in [3.8, 4) is 0 Å². The predicted molar refractivity (Wildman–Crippen MR) is 124 cm³/mol. The number of H-pyrrole nitrogens is 1. The molecule has 2 heterocycles. The van der Waals surface area contributed by atoms with E-state index in [9.17, 15) is 19.5 Å². The maximum Gasteiger partial charge on any atom is 0.324 e. The third-order valence-electron chi connectivity index (χ3n) is 5.96. The zero-order valence-electron chi connectivity index (χ0n) is 18.3. The number of aliphatic hydroxyl groups is 1. The van der Waals surface area contributed by atoms with Crippen molar-refractivity contribution in [1.82, 2.24) is 20.5 Å². The van der Waals surface area contributed by atoms with Crippen LogP contribution in [0.2, 0.25) is 0 Å². The lowest BCUT2D eigenvalue weighted by Crippen LogP contribution is -2.40. The van der Waals surface area contributed by atoms with Gasteiger partial charge in [0.15, 0.2) is 0 Å². The zero-order valence-corrected chi connectivity index (χ0v) is 18.3. The summed E-state index contributed by atoms with van der Waals surface area (Å²) in [4.78, 5) is 41.9. The quantitative estimate of drug-likeness (QED) is 0.356. The highest BCUT2D eigenvalue weighted by molar-refractivity contribution is 6.04. The lowest BCUT2D eigenvalue weighted by Gasteiger charge is -2.17. The molecular weight excluding hydrogens is 420 g/mol. The molecule has 1 aliphatic heterocycles. The number of rotatable bonds is 10. The molecule has 1 saturated heterocycles. The molecular formula is C25H28N4O4. The highest BCUT2D eigenvalue weighted by Gasteiger charge is 2.37. The van der Waals surface area contributed by atoms with Crippen molar-refractivity contribution in [2.24, 2.45) is 0 Å². The summed E-state index contributed by atoms with van der Waals surface area (Å²) in [6.07, 6.45) is 3.26. The third kappa shape index (κ3) is 5.40. The van der Waals surface area contributed by atoms with E-state index in [1.54, 1.807) is 0 Å². The van der Waals surface area contributed by atoms with E-state index in [2.05, 4.69) is 15.6 Å². The van der Waals surface area contributed by atoms with Crippen LogP contribution in [0.15, 0.2) is 60.8 Å². The Labute approximate surface area is 192 Å². The Morgan fingerprint density at radius 2 is 1.85 bits per heavy atom. The second-order valence-corrected chi connectivity index (χ2v) is 8.28. The van der Waals surface area contributed by atoms with Crippen LogP contribution in [0.25, 0.3) is 10.9 Å². The highest BCUT2D eigenvalue weighted by atomic mass is 16.3. The number of benzene rings is 2.